The quantitative estimate of drug-likeness (QED) is 0.830. The van der Waals surface area contributed by atoms with E-state index in [1.54, 1.807) is 13.1 Å². The Bertz CT molecular complexity index is 497. The van der Waals surface area contributed by atoms with Crippen molar-refractivity contribution < 1.29 is 9.90 Å². The second kappa shape index (κ2) is 5.95. The molecule has 4 nitrogen and oxygen atoms in total. The van der Waals surface area contributed by atoms with E-state index in [9.17, 15) is 9.90 Å². The van der Waals surface area contributed by atoms with E-state index in [0.717, 1.165) is 23.4 Å². The molecule has 0 aliphatic heterocycles. The third-order valence-electron chi connectivity index (χ3n) is 3.74. The van der Waals surface area contributed by atoms with Crippen molar-refractivity contribution in [2.75, 3.05) is 0 Å². The van der Waals surface area contributed by atoms with Gasteiger partial charge in [0.2, 0.25) is 0 Å². The summed E-state index contributed by atoms with van der Waals surface area (Å²) in [6, 6.07) is 3.82. The summed E-state index contributed by atoms with van der Waals surface area (Å²) < 4.78 is 0. The predicted octanol–water partition coefficient (Wildman–Crippen LogP) is 3.01. The van der Waals surface area contributed by atoms with Crippen LogP contribution in [-0.2, 0) is 4.79 Å². The van der Waals surface area contributed by atoms with E-state index >= 15 is 0 Å². The van der Waals surface area contributed by atoms with Gasteiger partial charge in [-0.05, 0) is 38.8 Å². The number of aliphatic imine (C=N–C) groups is 1. The fraction of sp³-hybridized carbons (Fsp3) is 0.533. The molecule has 1 rings (SSSR count). The maximum Gasteiger partial charge on any atom is 0.331 e. The standard InChI is InChI=1S/C15H22N2O2/c1-6-10(2)15(5,14(18)19)16-9-13-8-7-11(3)17-12(13)4/h7-10H,6H2,1-5H3,(H,18,19)/t10-,15+/m0/s1. The van der Waals surface area contributed by atoms with Gasteiger partial charge in [0.05, 0.1) is 0 Å². The topological polar surface area (TPSA) is 62.5 Å². The van der Waals surface area contributed by atoms with Gasteiger partial charge in [0.15, 0.2) is 5.54 Å². The highest BCUT2D eigenvalue weighted by Crippen LogP contribution is 2.25. The van der Waals surface area contributed by atoms with Gasteiger partial charge in [-0.1, -0.05) is 20.3 Å². The van der Waals surface area contributed by atoms with Crippen LogP contribution < -0.4 is 0 Å². The number of nitrogens with zero attached hydrogens (tertiary/aromatic N) is 2. The highest BCUT2D eigenvalue weighted by molar-refractivity contribution is 5.86. The molecule has 19 heavy (non-hydrogen) atoms. The number of carbonyl (C=O) groups is 1. The number of aliphatic carboxylic acids is 1. The minimum absolute atomic E-state index is 0.0278. The number of hydrogen-bond acceptors (Lipinski definition) is 3. The molecule has 0 aliphatic carbocycles. The molecule has 2 atom stereocenters. The van der Waals surface area contributed by atoms with E-state index < -0.39 is 11.5 Å². The fourth-order valence-electron chi connectivity index (χ4n) is 1.83. The second-order valence-corrected chi connectivity index (χ2v) is 5.15. The maximum absolute atomic E-state index is 11.5. The first-order valence-corrected chi connectivity index (χ1v) is 6.54. The van der Waals surface area contributed by atoms with Crippen molar-refractivity contribution in [1.29, 1.82) is 0 Å². The minimum atomic E-state index is -1.09. The lowest BCUT2D eigenvalue weighted by atomic mass is 9.86. The van der Waals surface area contributed by atoms with E-state index in [0.29, 0.717) is 0 Å². The monoisotopic (exact) mass is 262 g/mol. The maximum atomic E-state index is 11.5. The van der Waals surface area contributed by atoms with E-state index in [-0.39, 0.29) is 5.92 Å². The molecule has 1 aromatic heterocycles. The molecule has 1 heterocycles. The summed E-state index contributed by atoms with van der Waals surface area (Å²) in [6.45, 7) is 9.37. The molecular formula is C15H22N2O2. The Balaban J connectivity index is 3.09. The van der Waals surface area contributed by atoms with Crippen LogP contribution in [0.2, 0.25) is 0 Å². The zero-order valence-corrected chi connectivity index (χ0v) is 12.3. The van der Waals surface area contributed by atoms with Gasteiger partial charge in [-0.25, -0.2) is 4.79 Å². The third-order valence-corrected chi connectivity index (χ3v) is 3.74. The Hall–Kier alpha value is -1.71. The SMILES string of the molecule is CC[C@H](C)[C@@](C)(N=Cc1ccc(C)nc1C)C(=O)O. The molecule has 1 N–H and O–H groups in total. The number of rotatable bonds is 5. The summed E-state index contributed by atoms with van der Waals surface area (Å²) in [5, 5.41) is 9.40. The molecule has 0 spiro atoms. The highest BCUT2D eigenvalue weighted by Gasteiger charge is 2.37. The second-order valence-electron chi connectivity index (χ2n) is 5.15. The lowest BCUT2D eigenvalue weighted by molar-refractivity contribution is -0.144. The molecule has 0 bridgehead atoms. The molecule has 0 saturated carbocycles. The van der Waals surface area contributed by atoms with Crippen molar-refractivity contribution >= 4 is 12.2 Å². The zero-order valence-electron chi connectivity index (χ0n) is 12.3. The number of pyridine rings is 1. The molecular weight excluding hydrogens is 240 g/mol. The number of carboxylic acids is 1. The molecule has 0 aromatic carbocycles. The Kier molecular flexibility index (Phi) is 4.81. The molecule has 1 aromatic rings. The molecule has 0 amide bonds. The lowest BCUT2D eigenvalue weighted by Gasteiger charge is -2.26. The van der Waals surface area contributed by atoms with Crippen LogP contribution in [0, 0.1) is 19.8 Å². The molecule has 0 aliphatic rings. The van der Waals surface area contributed by atoms with Crippen molar-refractivity contribution in [2.24, 2.45) is 10.9 Å². The molecule has 0 radical (unpaired) electrons. The van der Waals surface area contributed by atoms with Crippen molar-refractivity contribution in [2.45, 2.75) is 46.6 Å². The summed E-state index contributed by atoms with van der Waals surface area (Å²) in [5.74, 6) is -0.921. The normalized spacial score (nSPS) is 16.3. The van der Waals surface area contributed by atoms with Crippen LogP contribution in [-0.4, -0.2) is 27.8 Å². The molecule has 0 fully saturated rings. The first kappa shape index (κ1) is 15.3. The number of hydrogen-bond donors (Lipinski definition) is 1. The van der Waals surface area contributed by atoms with Crippen LogP contribution in [0.15, 0.2) is 17.1 Å². The summed E-state index contributed by atoms with van der Waals surface area (Å²) in [5.41, 5.74) is 1.58. The molecule has 104 valence electrons. The largest absolute Gasteiger partial charge is 0.479 e. The van der Waals surface area contributed by atoms with Crippen molar-refractivity contribution in [3.8, 4) is 0 Å². The summed E-state index contributed by atoms with van der Waals surface area (Å²) >= 11 is 0. The Labute approximate surface area is 114 Å². The lowest BCUT2D eigenvalue weighted by Crippen LogP contribution is -2.39. The highest BCUT2D eigenvalue weighted by atomic mass is 16.4. The minimum Gasteiger partial charge on any atom is -0.479 e. The average Bonchev–Trinajstić information content (AvgIpc) is 2.36. The summed E-state index contributed by atoms with van der Waals surface area (Å²) in [6.07, 6.45) is 2.40. The zero-order chi connectivity index (χ0) is 14.6. The van der Waals surface area contributed by atoms with Crippen molar-refractivity contribution in [1.82, 2.24) is 4.98 Å². The van der Waals surface area contributed by atoms with Crippen molar-refractivity contribution in [3.05, 3.63) is 29.1 Å². The van der Waals surface area contributed by atoms with Gasteiger partial charge in [0, 0.05) is 23.2 Å². The van der Waals surface area contributed by atoms with Gasteiger partial charge in [0.1, 0.15) is 0 Å². The molecule has 0 saturated heterocycles. The smallest absolute Gasteiger partial charge is 0.331 e. The van der Waals surface area contributed by atoms with E-state index in [4.69, 9.17) is 0 Å². The van der Waals surface area contributed by atoms with Gasteiger partial charge >= 0.3 is 5.97 Å². The Morgan fingerprint density at radius 3 is 2.63 bits per heavy atom. The first-order valence-electron chi connectivity index (χ1n) is 6.54. The Morgan fingerprint density at radius 2 is 2.16 bits per heavy atom. The van der Waals surface area contributed by atoms with Gasteiger partial charge in [-0.15, -0.1) is 0 Å². The Morgan fingerprint density at radius 1 is 1.53 bits per heavy atom. The van der Waals surface area contributed by atoms with Crippen LogP contribution >= 0.6 is 0 Å². The average molecular weight is 262 g/mol. The molecule has 0 unspecified atom stereocenters. The number of aromatic nitrogens is 1. The fourth-order valence-corrected chi connectivity index (χ4v) is 1.83. The first-order chi connectivity index (χ1) is 8.81. The van der Waals surface area contributed by atoms with E-state index in [1.165, 1.54) is 0 Å². The third kappa shape index (κ3) is 3.40. The van der Waals surface area contributed by atoms with E-state index in [1.807, 2.05) is 39.8 Å². The van der Waals surface area contributed by atoms with Crippen LogP contribution in [0.3, 0.4) is 0 Å². The van der Waals surface area contributed by atoms with Crippen LogP contribution in [0.1, 0.15) is 44.1 Å². The predicted molar refractivity (Wildman–Crippen MR) is 76.8 cm³/mol. The van der Waals surface area contributed by atoms with Crippen molar-refractivity contribution in [3.63, 3.8) is 0 Å². The number of carboxylic acid groups (broad SMARTS) is 1. The number of aryl methyl sites for hydroxylation is 2. The molecule has 4 heteroatoms. The van der Waals surface area contributed by atoms with Gasteiger partial charge in [-0.3, -0.25) is 9.98 Å². The summed E-state index contributed by atoms with van der Waals surface area (Å²) in [7, 11) is 0. The van der Waals surface area contributed by atoms with Gasteiger partial charge in [-0.2, -0.15) is 0 Å². The van der Waals surface area contributed by atoms with Crippen LogP contribution in [0.25, 0.3) is 0 Å². The van der Waals surface area contributed by atoms with Crippen LogP contribution in [0.5, 0.6) is 0 Å². The summed E-state index contributed by atoms with van der Waals surface area (Å²) in [4.78, 5) is 20.1. The van der Waals surface area contributed by atoms with Gasteiger partial charge in [0.25, 0.3) is 0 Å². The van der Waals surface area contributed by atoms with Crippen LogP contribution in [0.4, 0.5) is 0 Å². The van der Waals surface area contributed by atoms with E-state index in [2.05, 4.69) is 9.98 Å². The van der Waals surface area contributed by atoms with Gasteiger partial charge < -0.3 is 5.11 Å².